The Bertz CT molecular complexity index is 901. The molecule has 0 aliphatic carbocycles. The molecule has 2 atom stereocenters. The number of rotatable bonds is 6. The number of benzene rings is 1. The third-order valence-electron chi connectivity index (χ3n) is 4.90. The number of allylic oxidation sites excluding steroid dienone is 1. The van der Waals surface area contributed by atoms with Crippen molar-refractivity contribution >= 4 is 17.3 Å². The molecule has 2 aromatic carbocycles. The molecule has 3 rings (SSSR count). The molecule has 1 aliphatic rings. The highest BCUT2D eigenvalue weighted by atomic mass is 16.5. The van der Waals surface area contributed by atoms with E-state index < -0.39 is 22.4 Å². The van der Waals surface area contributed by atoms with Crippen molar-refractivity contribution in [3.05, 3.63) is 69.0 Å². The maximum Gasteiger partial charge on any atom is 0.328 e. The van der Waals surface area contributed by atoms with Crippen LogP contribution in [0.15, 0.2) is 52.6 Å². The van der Waals surface area contributed by atoms with E-state index in [9.17, 15) is 14.4 Å². The first-order chi connectivity index (χ1) is 12.4. The van der Waals surface area contributed by atoms with Gasteiger partial charge < -0.3 is 21.1 Å². The van der Waals surface area contributed by atoms with Gasteiger partial charge in [0, 0.05) is 19.0 Å². The van der Waals surface area contributed by atoms with Crippen LogP contribution in [0.3, 0.4) is 0 Å². The van der Waals surface area contributed by atoms with E-state index in [1.807, 2.05) is 30.3 Å². The molecule has 7 nitrogen and oxygen atoms in total. The number of hydrogen-bond donors (Lipinski definition) is 2. The second kappa shape index (κ2) is 6.76. The Hall–Kier alpha value is -2.93. The molecule has 7 heteroatoms. The molecular formula is C19H21N3O4. The summed E-state index contributed by atoms with van der Waals surface area (Å²) in [6, 6.07) is 9.28. The van der Waals surface area contributed by atoms with Gasteiger partial charge in [0.05, 0.1) is 0 Å². The molecule has 26 heavy (non-hydrogen) atoms. The molecule has 0 bridgehead atoms. The maximum absolute atomic E-state index is 12.7. The van der Waals surface area contributed by atoms with Gasteiger partial charge in [-0.05, 0) is 12.0 Å². The van der Waals surface area contributed by atoms with Crippen LogP contribution in [0, 0.1) is 5.92 Å². The third-order valence-corrected chi connectivity index (χ3v) is 4.90. The fourth-order valence-electron chi connectivity index (χ4n) is 3.39. The average Bonchev–Trinajstić information content (AvgIpc) is 2.97. The number of carbonyl (C=O) groups excluding carboxylic acids is 1. The first kappa shape index (κ1) is 17.9. The second-order valence-electron chi connectivity index (χ2n) is 6.62. The van der Waals surface area contributed by atoms with Gasteiger partial charge >= 0.3 is 5.97 Å². The molecule has 1 fully saturated rings. The fraction of sp³-hybridized carbons (Fsp3) is 0.316. The van der Waals surface area contributed by atoms with E-state index in [1.54, 1.807) is 11.0 Å². The summed E-state index contributed by atoms with van der Waals surface area (Å²) < 4.78 is 5.42. The first-order valence-electron chi connectivity index (χ1n) is 8.33. The zero-order valence-electron chi connectivity index (χ0n) is 14.3. The van der Waals surface area contributed by atoms with Crippen molar-refractivity contribution in [3.8, 4) is 0 Å². The number of ether oxygens (including phenoxy) is 1. The van der Waals surface area contributed by atoms with Crippen LogP contribution in [0.1, 0.15) is 12.0 Å². The molecule has 0 amide bonds. The van der Waals surface area contributed by atoms with Crippen molar-refractivity contribution in [3.63, 3.8) is 0 Å². The lowest BCUT2D eigenvalue weighted by Crippen LogP contribution is -2.56. The Morgan fingerprint density at radius 1 is 1.31 bits per heavy atom. The van der Waals surface area contributed by atoms with Gasteiger partial charge in [0.1, 0.15) is 23.5 Å². The van der Waals surface area contributed by atoms with E-state index >= 15 is 0 Å². The molecule has 0 radical (unpaired) electrons. The molecule has 1 aliphatic heterocycles. The Labute approximate surface area is 150 Å². The van der Waals surface area contributed by atoms with Crippen LogP contribution in [0.4, 0.5) is 11.4 Å². The van der Waals surface area contributed by atoms with Crippen LogP contribution in [0.2, 0.25) is 0 Å². The minimum atomic E-state index is -1.31. The molecule has 1 heterocycles. The molecule has 0 spiro atoms. The monoisotopic (exact) mass is 355 g/mol. The van der Waals surface area contributed by atoms with Crippen molar-refractivity contribution < 1.29 is 9.53 Å². The molecule has 0 saturated carbocycles. The first-order valence-corrected chi connectivity index (χ1v) is 8.33. The zero-order valence-corrected chi connectivity index (χ0v) is 14.3. The van der Waals surface area contributed by atoms with Gasteiger partial charge in [-0.3, -0.25) is 9.59 Å². The molecule has 0 aromatic heterocycles. The van der Waals surface area contributed by atoms with Crippen LogP contribution >= 0.6 is 0 Å². The van der Waals surface area contributed by atoms with Crippen molar-refractivity contribution in [2.75, 3.05) is 23.7 Å². The summed E-state index contributed by atoms with van der Waals surface area (Å²) in [5.41, 5.74) is 10.3. The van der Waals surface area contributed by atoms with Crippen molar-refractivity contribution in [2.45, 2.75) is 18.6 Å². The number of carbonyl (C=O) groups is 1. The second-order valence-corrected chi connectivity index (χ2v) is 6.62. The topological polar surface area (TPSA) is 116 Å². The lowest BCUT2D eigenvalue weighted by Gasteiger charge is -2.27. The lowest BCUT2D eigenvalue weighted by atomic mass is 9.86. The highest BCUT2D eigenvalue weighted by Crippen LogP contribution is 2.34. The van der Waals surface area contributed by atoms with Gasteiger partial charge in [0.15, 0.2) is 0 Å². The van der Waals surface area contributed by atoms with Gasteiger partial charge in [-0.15, -0.1) is 6.58 Å². The van der Waals surface area contributed by atoms with Crippen LogP contribution in [0.5, 0.6) is 0 Å². The largest absolute Gasteiger partial charge is 0.459 e. The summed E-state index contributed by atoms with van der Waals surface area (Å²) in [6.07, 6.45) is 2.15. The smallest absolute Gasteiger partial charge is 0.328 e. The minimum Gasteiger partial charge on any atom is -0.459 e. The third kappa shape index (κ3) is 2.90. The quantitative estimate of drug-likeness (QED) is 0.435. The fourth-order valence-corrected chi connectivity index (χ4v) is 3.39. The van der Waals surface area contributed by atoms with Crippen molar-refractivity contribution in [2.24, 2.45) is 11.7 Å². The van der Waals surface area contributed by atoms with Crippen LogP contribution in [-0.2, 0) is 16.1 Å². The van der Waals surface area contributed by atoms with E-state index in [1.165, 1.54) is 0 Å². The van der Waals surface area contributed by atoms with E-state index in [0.29, 0.717) is 13.0 Å². The Morgan fingerprint density at radius 3 is 2.62 bits per heavy atom. The van der Waals surface area contributed by atoms with Crippen molar-refractivity contribution in [1.82, 2.24) is 0 Å². The van der Waals surface area contributed by atoms with Gasteiger partial charge in [0.2, 0.25) is 0 Å². The van der Waals surface area contributed by atoms with E-state index in [0.717, 1.165) is 5.56 Å². The number of hydrogen-bond acceptors (Lipinski definition) is 7. The summed E-state index contributed by atoms with van der Waals surface area (Å²) in [5.74, 6) is -0.847. The van der Waals surface area contributed by atoms with E-state index in [-0.39, 0.29) is 30.4 Å². The van der Waals surface area contributed by atoms with Gasteiger partial charge in [-0.1, -0.05) is 36.4 Å². The number of esters is 1. The molecule has 0 unspecified atom stereocenters. The molecule has 4 N–H and O–H groups in total. The SMILES string of the molecule is C=CC[C@H]1CN(c2c(N)c(=O)c2=O)C[C@@]1(N)C(=O)OCc1ccccc1. The van der Waals surface area contributed by atoms with Crippen LogP contribution < -0.4 is 27.2 Å². The molecule has 136 valence electrons. The maximum atomic E-state index is 12.7. The zero-order chi connectivity index (χ0) is 18.9. The molecular weight excluding hydrogens is 334 g/mol. The normalized spacial score (nSPS) is 22.5. The summed E-state index contributed by atoms with van der Waals surface area (Å²) in [4.78, 5) is 37.5. The molecule has 1 saturated heterocycles. The standard InChI is InChI=1S/C19H21N3O4/c1-2-6-13-9-22(15-14(20)16(23)17(15)24)11-19(13,21)18(25)26-10-12-7-4-3-5-8-12/h2-5,7-8,13H,1,6,9-11,20-21H2/t13-,19-/m0/s1. The number of nitrogens with zero attached hydrogens (tertiary/aromatic N) is 1. The lowest BCUT2D eigenvalue weighted by molar-refractivity contribution is -0.152. The highest BCUT2D eigenvalue weighted by Gasteiger charge is 2.51. The summed E-state index contributed by atoms with van der Waals surface area (Å²) in [5, 5.41) is 0. The Kier molecular flexibility index (Phi) is 4.65. The van der Waals surface area contributed by atoms with Crippen LogP contribution in [0.25, 0.3) is 0 Å². The van der Waals surface area contributed by atoms with Gasteiger partial charge in [-0.25, -0.2) is 4.79 Å². The Balaban J connectivity index is 1.78. The summed E-state index contributed by atoms with van der Waals surface area (Å²) in [6.45, 7) is 4.21. The predicted octanol–water partition coefficient (Wildman–Crippen LogP) is 0.318. The average molecular weight is 355 g/mol. The Morgan fingerprint density at radius 2 is 2.00 bits per heavy atom. The van der Waals surface area contributed by atoms with Gasteiger partial charge in [0.25, 0.3) is 10.9 Å². The van der Waals surface area contributed by atoms with E-state index in [4.69, 9.17) is 16.2 Å². The number of nitrogens with two attached hydrogens (primary N) is 2. The van der Waals surface area contributed by atoms with Crippen molar-refractivity contribution in [1.29, 1.82) is 0 Å². The number of anilines is 2. The van der Waals surface area contributed by atoms with E-state index in [2.05, 4.69) is 6.58 Å². The number of nitrogen functional groups attached to an aromatic ring is 1. The minimum absolute atomic E-state index is 0.0637. The predicted molar refractivity (Wildman–Crippen MR) is 99.4 cm³/mol. The summed E-state index contributed by atoms with van der Waals surface area (Å²) >= 11 is 0. The summed E-state index contributed by atoms with van der Waals surface area (Å²) in [7, 11) is 0. The molecule has 2 aromatic rings. The highest BCUT2D eigenvalue weighted by molar-refractivity contribution is 5.84. The van der Waals surface area contributed by atoms with Crippen LogP contribution in [-0.4, -0.2) is 24.6 Å². The van der Waals surface area contributed by atoms with Gasteiger partial charge in [-0.2, -0.15) is 0 Å².